The molecule has 15 heavy (non-hydrogen) atoms. The standard InChI is InChI=1S/C11H13N3S/c1-2-12-10-4-3-5-11(14-10)13-9-6-7-15-8-9/h3-8H,2H2,1H3,(H2,12,13,14). The van der Waals surface area contributed by atoms with Crippen LogP contribution in [0.25, 0.3) is 0 Å². The first kappa shape index (κ1) is 9.98. The van der Waals surface area contributed by atoms with Gasteiger partial charge >= 0.3 is 0 Å². The van der Waals surface area contributed by atoms with E-state index in [9.17, 15) is 0 Å². The predicted octanol–water partition coefficient (Wildman–Crippen LogP) is 3.32. The molecule has 0 radical (unpaired) electrons. The van der Waals surface area contributed by atoms with Crippen molar-refractivity contribution in [3.63, 3.8) is 0 Å². The Labute approximate surface area is 93.2 Å². The molecular weight excluding hydrogens is 206 g/mol. The lowest BCUT2D eigenvalue weighted by atomic mass is 10.4. The summed E-state index contributed by atoms with van der Waals surface area (Å²) in [5.74, 6) is 1.77. The van der Waals surface area contributed by atoms with E-state index in [-0.39, 0.29) is 0 Å². The van der Waals surface area contributed by atoms with Crippen LogP contribution in [-0.2, 0) is 0 Å². The lowest BCUT2D eigenvalue weighted by Gasteiger charge is -2.06. The first-order valence-electron chi connectivity index (χ1n) is 4.88. The number of anilines is 3. The topological polar surface area (TPSA) is 37.0 Å². The van der Waals surface area contributed by atoms with E-state index in [1.54, 1.807) is 11.3 Å². The van der Waals surface area contributed by atoms with Crippen LogP contribution in [0.1, 0.15) is 6.92 Å². The molecular formula is C11H13N3S. The van der Waals surface area contributed by atoms with E-state index in [1.165, 1.54) is 0 Å². The highest BCUT2D eigenvalue weighted by atomic mass is 32.1. The van der Waals surface area contributed by atoms with E-state index >= 15 is 0 Å². The minimum Gasteiger partial charge on any atom is -0.370 e. The average Bonchev–Trinajstić information content (AvgIpc) is 2.71. The second-order valence-electron chi connectivity index (χ2n) is 3.08. The molecule has 2 N–H and O–H groups in total. The Bertz CT molecular complexity index is 412. The van der Waals surface area contributed by atoms with Crippen LogP contribution in [0.5, 0.6) is 0 Å². The van der Waals surface area contributed by atoms with Crippen LogP contribution < -0.4 is 10.6 Å². The Morgan fingerprint density at radius 1 is 1.27 bits per heavy atom. The minimum absolute atomic E-state index is 0.867. The molecule has 0 atom stereocenters. The first-order chi connectivity index (χ1) is 7.38. The van der Waals surface area contributed by atoms with Gasteiger partial charge in [-0.05, 0) is 30.5 Å². The predicted molar refractivity (Wildman–Crippen MR) is 66.0 cm³/mol. The zero-order chi connectivity index (χ0) is 10.5. The minimum atomic E-state index is 0.867. The highest BCUT2D eigenvalue weighted by molar-refractivity contribution is 7.08. The number of thiophene rings is 1. The van der Waals surface area contributed by atoms with Gasteiger partial charge in [0, 0.05) is 11.9 Å². The number of aromatic nitrogens is 1. The molecule has 2 aromatic rings. The first-order valence-corrected chi connectivity index (χ1v) is 5.83. The lowest BCUT2D eigenvalue weighted by molar-refractivity contribution is 1.16. The van der Waals surface area contributed by atoms with Crippen molar-refractivity contribution in [2.24, 2.45) is 0 Å². The van der Waals surface area contributed by atoms with Crippen LogP contribution in [0.15, 0.2) is 35.0 Å². The van der Waals surface area contributed by atoms with E-state index in [0.29, 0.717) is 0 Å². The molecule has 0 unspecified atom stereocenters. The highest BCUT2D eigenvalue weighted by Crippen LogP contribution is 2.18. The van der Waals surface area contributed by atoms with E-state index in [2.05, 4.69) is 27.9 Å². The third kappa shape index (κ3) is 2.70. The van der Waals surface area contributed by atoms with Crippen molar-refractivity contribution in [1.82, 2.24) is 4.98 Å². The molecule has 0 aliphatic rings. The summed E-state index contributed by atoms with van der Waals surface area (Å²) in [6.07, 6.45) is 0. The van der Waals surface area contributed by atoms with Crippen LogP contribution in [0, 0.1) is 0 Å². The maximum Gasteiger partial charge on any atom is 0.132 e. The number of pyridine rings is 1. The number of nitrogens with zero attached hydrogens (tertiary/aromatic N) is 1. The van der Waals surface area contributed by atoms with Crippen LogP contribution in [0.4, 0.5) is 17.3 Å². The number of hydrogen-bond acceptors (Lipinski definition) is 4. The smallest absolute Gasteiger partial charge is 0.132 e. The summed E-state index contributed by atoms with van der Waals surface area (Å²) >= 11 is 1.67. The molecule has 0 amide bonds. The molecule has 0 aliphatic heterocycles. The van der Waals surface area contributed by atoms with Gasteiger partial charge in [0.05, 0.1) is 5.69 Å². The Morgan fingerprint density at radius 2 is 2.13 bits per heavy atom. The van der Waals surface area contributed by atoms with Crippen LogP contribution in [-0.4, -0.2) is 11.5 Å². The molecule has 2 aromatic heterocycles. The fraction of sp³-hybridized carbons (Fsp3) is 0.182. The van der Waals surface area contributed by atoms with Crippen LogP contribution in [0.2, 0.25) is 0 Å². The quantitative estimate of drug-likeness (QED) is 0.828. The number of rotatable bonds is 4. The van der Waals surface area contributed by atoms with E-state index in [0.717, 1.165) is 23.9 Å². The molecule has 3 nitrogen and oxygen atoms in total. The van der Waals surface area contributed by atoms with Gasteiger partial charge in [0.1, 0.15) is 11.6 Å². The van der Waals surface area contributed by atoms with Gasteiger partial charge in [-0.2, -0.15) is 11.3 Å². The van der Waals surface area contributed by atoms with Gasteiger partial charge in [0.15, 0.2) is 0 Å². The van der Waals surface area contributed by atoms with Gasteiger partial charge in [0.2, 0.25) is 0 Å². The molecule has 78 valence electrons. The normalized spacial score (nSPS) is 9.93. The highest BCUT2D eigenvalue weighted by Gasteiger charge is 1.97. The van der Waals surface area contributed by atoms with Crippen molar-refractivity contribution in [2.75, 3.05) is 17.2 Å². The second kappa shape index (κ2) is 4.79. The summed E-state index contributed by atoms with van der Waals surface area (Å²) in [7, 11) is 0. The maximum atomic E-state index is 4.42. The van der Waals surface area contributed by atoms with Crippen LogP contribution in [0.3, 0.4) is 0 Å². The van der Waals surface area contributed by atoms with Gasteiger partial charge in [-0.3, -0.25) is 0 Å². The summed E-state index contributed by atoms with van der Waals surface area (Å²) < 4.78 is 0. The Kier molecular flexibility index (Phi) is 3.19. The van der Waals surface area contributed by atoms with Crippen molar-refractivity contribution >= 4 is 28.7 Å². The van der Waals surface area contributed by atoms with Gasteiger partial charge in [-0.25, -0.2) is 4.98 Å². The number of nitrogens with one attached hydrogen (secondary N) is 2. The third-order valence-electron chi connectivity index (χ3n) is 1.90. The molecule has 0 saturated heterocycles. The molecule has 0 aromatic carbocycles. The molecule has 0 fully saturated rings. The van der Waals surface area contributed by atoms with Gasteiger partial charge in [0.25, 0.3) is 0 Å². The Balaban J connectivity index is 2.11. The summed E-state index contributed by atoms with van der Waals surface area (Å²) in [5.41, 5.74) is 1.08. The van der Waals surface area contributed by atoms with Gasteiger partial charge in [-0.1, -0.05) is 6.07 Å². The van der Waals surface area contributed by atoms with Crippen molar-refractivity contribution in [3.05, 3.63) is 35.0 Å². The summed E-state index contributed by atoms with van der Waals surface area (Å²) in [6, 6.07) is 7.94. The fourth-order valence-electron chi connectivity index (χ4n) is 1.27. The van der Waals surface area contributed by atoms with Crippen molar-refractivity contribution in [2.45, 2.75) is 6.92 Å². The SMILES string of the molecule is CCNc1cccc(Nc2ccsc2)n1. The van der Waals surface area contributed by atoms with Crippen LogP contribution >= 0.6 is 11.3 Å². The van der Waals surface area contributed by atoms with E-state index in [1.807, 2.05) is 29.6 Å². The zero-order valence-corrected chi connectivity index (χ0v) is 9.34. The summed E-state index contributed by atoms with van der Waals surface area (Å²) in [6.45, 7) is 2.94. The molecule has 0 spiro atoms. The van der Waals surface area contributed by atoms with Gasteiger partial charge in [-0.15, -0.1) is 0 Å². The summed E-state index contributed by atoms with van der Waals surface area (Å²) in [4.78, 5) is 4.42. The van der Waals surface area contributed by atoms with E-state index < -0.39 is 0 Å². The second-order valence-corrected chi connectivity index (χ2v) is 3.86. The average molecular weight is 219 g/mol. The largest absolute Gasteiger partial charge is 0.370 e. The lowest BCUT2D eigenvalue weighted by Crippen LogP contribution is -2.00. The monoisotopic (exact) mass is 219 g/mol. The fourth-order valence-corrected chi connectivity index (χ4v) is 1.86. The Morgan fingerprint density at radius 3 is 2.87 bits per heavy atom. The maximum absolute atomic E-state index is 4.42. The molecule has 4 heteroatoms. The number of hydrogen-bond donors (Lipinski definition) is 2. The Hall–Kier alpha value is -1.55. The van der Waals surface area contributed by atoms with E-state index in [4.69, 9.17) is 0 Å². The zero-order valence-electron chi connectivity index (χ0n) is 8.53. The van der Waals surface area contributed by atoms with Gasteiger partial charge < -0.3 is 10.6 Å². The van der Waals surface area contributed by atoms with Crippen molar-refractivity contribution in [1.29, 1.82) is 0 Å². The van der Waals surface area contributed by atoms with Crippen molar-refractivity contribution < 1.29 is 0 Å². The molecule has 0 saturated carbocycles. The molecule has 0 bridgehead atoms. The summed E-state index contributed by atoms with van der Waals surface area (Å²) in [5, 5.41) is 10.5. The third-order valence-corrected chi connectivity index (χ3v) is 2.58. The molecule has 2 rings (SSSR count). The molecule has 2 heterocycles. The molecule has 0 aliphatic carbocycles. The van der Waals surface area contributed by atoms with Crippen molar-refractivity contribution in [3.8, 4) is 0 Å².